The summed E-state index contributed by atoms with van der Waals surface area (Å²) in [6.45, 7) is 1.90. The highest BCUT2D eigenvalue weighted by Gasteiger charge is 2.17. The molecule has 6 nitrogen and oxygen atoms in total. The second-order valence-corrected chi connectivity index (χ2v) is 4.94. The van der Waals surface area contributed by atoms with Crippen molar-refractivity contribution in [3.8, 4) is 17.2 Å². The fraction of sp³-hybridized carbons (Fsp3) is 0.235. The van der Waals surface area contributed by atoms with Gasteiger partial charge in [-0.3, -0.25) is 4.79 Å². The number of methoxy groups -OCH3 is 3. The van der Waals surface area contributed by atoms with Gasteiger partial charge in [0, 0.05) is 16.9 Å². The van der Waals surface area contributed by atoms with E-state index < -0.39 is 0 Å². The van der Waals surface area contributed by atoms with Gasteiger partial charge in [0.15, 0.2) is 11.5 Å². The van der Waals surface area contributed by atoms with E-state index in [9.17, 15) is 4.79 Å². The lowest BCUT2D eigenvalue weighted by atomic mass is 10.1. The first-order valence-corrected chi connectivity index (χ1v) is 6.97. The van der Waals surface area contributed by atoms with Gasteiger partial charge in [-0.25, -0.2) is 0 Å². The van der Waals surface area contributed by atoms with Crippen molar-refractivity contribution in [2.24, 2.45) is 0 Å². The van der Waals surface area contributed by atoms with E-state index in [4.69, 9.17) is 19.9 Å². The molecule has 0 spiro atoms. The average Bonchev–Trinajstić information content (AvgIpc) is 2.56. The normalized spacial score (nSPS) is 10.1. The topological polar surface area (TPSA) is 82.8 Å². The maximum Gasteiger partial charge on any atom is 0.255 e. The summed E-state index contributed by atoms with van der Waals surface area (Å²) >= 11 is 0. The van der Waals surface area contributed by atoms with Crippen molar-refractivity contribution in [1.29, 1.82) is 0 Å². The van der Waals surface area contributed by atoms with E-state index in [2.05, 4.69) is 5.32 Å². The van der Waals surface area contributed by atoms with Gasteiger partial charge in [-0.05, 0) is 36.8 Å². The highest BCUT2D eigenvalue weighted by molar-refractivity contribution is 6.05. The van der Waals surface area contributed by atoms with Crippen molar-refractivity contribution in [2.75, 3.05) is 32.4 Å². The third-order valence-electron chi connectivity index (χ3n) is 3.46. The van der Waals surface area contributed by atoms with Gasteiger partial charge in [-0.15, -0.1) is 0 Å². The number of benzene rings is 2. The van der Waals surface area contributed by atoms with Crippen molar-refractivity contribution in [3.63, 3.8) is 0 Å². The molecule has 0 aromatic heterocycles. The smallest absolute Gasteiger partial charge is 0.255 e. The first kappa shape index (κ1) is 16.5. The number of ether oxygens (including phenoxy) is 3. The van der Waals surface area contributed by atoms with E-state index >= 15 is 0 Å². The molecule has 0 radical (unpaired) electrons. The number of hydrogen-bond acceptors (Lipinski definition) is 5. The third kappa shape index (κ3) is 3.48. The Morgan fingerprint density at radius 3 is 2.09 bits per heavy atom. The van der Waals surface area contributed by atoms with Gasteiger partial charge in [-0.2, -0.15) is 0 Å². The van der Waals surface area contributed by atoms with Crippen molar-refractivity contribution >= 4 is 17.3 Å². The molecule has 6 heteroatoms. The summed E-state index contributed by atoms with van der Waals surface area (Å²) in [5, 5.41) is 2.80. The van der Waals surface area contributed by atoms with Crippen LogP contribution in [0.25, 0.3) is 0 Å². The molecule has 0 aliphatic rings. The van der Waals surface area contributed by atoms with Crippen LogP contribution in [0, 0.1) is 6.92 Å². The molecule has 0 fully saturated rings. The third-order valence-corrected chi connectivity index (χ3v) is 3.46. The summed E-state index contributed by atoms with van der Waals surface area (Å²) in [6, 6.07) is 8.54. The quantitative estimate of drug-likeness (QED) is 0.829. The number of hydrogen-bond donors (Lipinski definition) is 2. The summed E-state index contributed by atoms with van der Waals surface area (Å²) < 4.78 is 15.7. The number of nitrogens with two attached hydrogens (primary N) is 1. The van der Waals surface area contributed by atoms with Crippen LogP contribution in [0.3, 0.4) is 0 Å². The van der Waals surface area contributed by atoms with Crippen LogP contribution < -0.4 is 25.3 Å². The predicted molar refractivity (Wildman–Crippen MR) is 89.6 cm³/mol. The molecule has 0 bridgehead atoms. The number of anilines is 2. The van der Waals surface area contributed by atoms with Gasteiger partial charge in [0.05, 0.1) is 21.3 Å². The maximum atomic E-state index is 12.4. The van der Waals surface area contributed by atoms with Crippen molar-refractivity contribution in [2.45, 2.75) is 6.92 Å². The molecule has 1 amide bonds. The summed E-state index contributed by atoms with van der Waals surface area (Å²) in [5.74, 6) is 0.972. The molecule has 3 N–H and O–H groups in total. The van der Waals surface area contributed by atoms with Crippen LogP contribution in [-0.4, -0.2) is 27.2 Å². The average molecular weight is 316 g/mol. The Morgan fingerprint density at radius 2 is 1.61 bits per heavy atom. The molecule has 0 aliphatic carbocycles. The summed E-state index contributed by atoms with van der Waals surface area (Å²) in [4.78, 5) is 12.4. The fourth-order valence-corrected chi connectivity index (χ4v) is 2.13. The Hall–Kier alpha value is -2.89. The molecule has 0 heterocycles. The van der Waals surface area contributed by atoms with Crippen molar-refractivity contribution in [3.05, 3.63) is 41.5 Å². The van der Waals surface area contributed by atoms with E-state index in [1.165, 1.54) is 21.3 Å². The Labute approximate surface area is 135 Å². The van der Waals surface area contributed by atoms with Gasteiger partial charge < -0.3 is 25.3 Å². The summed E-state index contributed by atoms with van der Waals surface area (Å²) in [5.41, 5.74) is 8.43. The molecule has 2 aromatic carbocycles. The minimum absolute atomic E-state index is 0.299. The van der Waals surface area contributed by atoms with E-state index in [1.54, 1.807) is 24.3 Å². The Kier molecular flexibility index (Phi) is 4.95. The van der Waals surface area contributed by atoms with Crippen LogP contribution in [0.4, 0.5) is 11.4 Å². The molecule has 23 heavy (non-hydrogen) atoms. The second-order valence-electron chi connectivity index (χ2n) is 4.94. The molecule has 122 valence electrons. The lowest BCUT2D eigenvalue weighted by Gasteiger charge is -2.14. The first-order valence-electron chi connectivity index (χ1n) is 6.97. The number of rotatable bonds is 5. The van der Waals surface area contributed by atoms with Crippen LogP contribution in [0.1, 0.15) is 15.9 Å². The first-order chi connectivity index (χ1) is 11.0. The molecule has 2 rings (SSSR count). The molecule has 0 unspecified atom stereocenters. The van der Waals surface area contributed by atoms with Crippen molar-refractivity contribution in [1.82, 2.24) is 0 Å². The molecular weight excluding hydrogens is 296 g/mol. The van der Waals surface area contributed by atoms with E-state index in [-0.39, 0.29) is 5.91 Å². The lowest BCUT2D eigenvalue weighted by molar-refractivity contribution is 0.102. The fourth-order valence-electron chi connectivity index (χ4n) is 2.13. The van der Waals surface area contributed by atoms with Crippen LogP contribution in [0.2, 0.25) is 0 Å². The highest BCUT2D eigenvalue weighted by Crippen LogP contribution is 2.38. The van der Waals surface area contributed by atoms with Gasteiger partial charge in [0.1, 0.15) is 0 Å². The zero-order valence-electron chi connectivity index (χ0n) is 13.6. The van der Waals surface area contributed by atoms with E-state index in [0.29, 0.717) is 34.2 Å². The maximum absolute atomic E-state index is 12.4. The number of carbonyl (C=O) groups excluding carboxylic acids is 1. The van der Waals surface area contributed by atoms with Gasteiger partial charge >= 0.3 is 0 Å². The van der Waals surface area contributed by atoms with Crippen LogP contribution in [0.5, 0.6) is 17.2 Å². The Balaban J connectivity index is 2.33. The minimum atomic E-state index is -0.299. The highest BCUT2D eigenvalue weighted by atomic mass is 16.5. The summed E-state index contributed by atoms with van der Waals surface area (Å²) in [6.07, 6.45) is 0. The second kappa shape index (κ2) is 6.91. The SMILES string of the molecule is COc1cc(C(=O)Nc2ccc(C)c(N)c2)cc(OC)c1OC. The van der Waals surface area contributed by atoms with Crippen molar-refractivity contribution < 1.29 is 19.0 Å². The zero-order chi connectivity index (χ0) is 17.0. The number of aryl methyl sites for hydroxylation is 1. The van der Waals surface area contributed by atoms with Gasteiger partial charge in [-0.1, -0.05) is 6.07 Å². The molecule has 0 saturated carbocycles. The molecular formula is C17H20N2O4. The van der Waals surface area contributed by atoms with Crippen LogP contribution in [0.15, 0.2) is 30.3 Å². The standard InChI is InChI=1S/C17H20N2O4/c1-10-5-6-12(9-13(10)18)19-17(20)11-7-14(21-2)16(23-4)15(8-11)22-3/h5-9H,18H2,1-4H3,(H,19,20). The zero-order valence-corrected chi connectivity index (χ0v) is 13.6. The van der Waals surface area contributed by atoms with E-state index in [0.717, 1.165) is 5.56 Å². The Morgan fingerprint density at radius 1 is 1.00 bits per heavy atom. The predicted octanol–water partition coefficient (Wildman–Crippen LogP) is 2.86. The molecule has 0 aliphatic heterocycles. The van der Waals surface area contributed by atoms with Gasteiger partial charge in [0.25, 0.3) is 5.91 Å². The summed E-state index contributed by atoms with van der Waals surface area (Å²) in [7, 11) is 4.51. The molecule has 0 atom stereocenters. The largest absolute Gasteiger partial charge is 0.493 e. The molecule has 0 saturated heterocycles. The van der Waals surface area contributed by atoms with Crippen LogP contribution in [-0.2, 0) is 0 Å². The molecule has 2 aromatic rings. The van der Waals surface area contributed by atoms with Gasteiger partial charge in [0.2, 0.25) is 5.75 Å². The minimum Gasteiger partial charge on any atom is -0.493 e. The number of nitrogen functional groups attached to an aromatic ring is 1. The Bertz CT molecular complexity index is 704. The lowest BCUT2D eigenvalue weighted by Crippen LogP contribution is -2.13. The number of nitrogens with one attached hydrogen (secondary N) is 1. The monoisotopic (exact) mass is 316 g/mol. The number of carbonyl (C=O) groups is 1. The van der Waals surface area contributed by atoms with Crippen LogP contribution >= 0.6 is 0 Å². The number of amides is 1. The van der Waals surface area contributed by atoms with E-state index in [1.807, 2.05) is 13.0 Å².